The van der Waals surface area contributed by atoms with Crippen molar-refractivity contribution >= 4 is 35.8 Å². The van der Waals surface area contributed by atoms with Gasteiger partial charge in [-0.1, -0.05) is 0 Å². The summed E-state index contributed by atoms with van der Waals surface area (Å²) in [6, 6.07) is 0. The van der Waals surface area contributed by atoms with Crippen LogP contribution in [0, 0.1) is 0 Å². The summed E-state index contributed by atoms with van der Waals surface area (Å²) in [5.74, 6) is -3.43. The minimum Gasteiger partial charge on any atom is -0.463 e. The standard InChI is InChI=1S/2C12H18O8/c2*1-6(13)17-5-10-12(19-8(3)15)9(18-7(2)14)4-11(16)20-10/h2*9-12,16H,4-5H2,1-3H3/t2*9-,10-,11?,12-/m11/s1. The molecule has 40 heavy (non-hydrogen) atoms. The van der Waals surface area contributed by atoms with Crippen molar-refractivity contribution < 1.29 is 76.9 Å². The van der Waals surface area contributed by atoms with Gasteiger partial charge in [-0.05, 0) is 0 Å². The molecule has 16 nitrogen and oxygen atoms in total. The molecule has 2 rings (SSSR count). The molecule has 2 saturated heterocycles. The number of hydrogen-bond acceptors (Lipinski definition) is 16. The van der Waals surface area contributed by atoms with Crippen LogP contribution in [0.3, 0.4) is 0 Å². The summed E-state index contributed by atoms with van der Waals surface area (Å²) >= 11 is 0. The van der Waals surface area contributed by atoms with Crippen molar-refractivity contribution in [2.24, 2.45) is 0 Å². The Hall–Kier alpha value is -3.34. The molecule has 0 saturated carbocycles. The summed E-state index contributed by atoms with van der Waals surface area (Å²) in [7, 11) is 0. The van der Waals surface area contributed by atoms with Gasteiger partial charge in [0.2, 0.25) is 0 Å². The zero-order valence-corrected chi connectivity index (χ0v) is 23.1. The molecule has 16 heteroatoms. The van der Waals surface area contributed by atoms with Crippen LogP contribution in [0.5, 0.6) is 0 Å². The fourth-order valence-electron chi connectivity index (χ4n) is 3.82. The zero-order valence-electron chi connectivity index (χ0n) is 23.1. The van der Waals surface area contributed by atoms with E-state index in [1.807, 2.05) is 0 Å². The molecule has 0 bridgehead atoms. The van der Waals surface area contributed by atoms with Gasteiger partial charge in [-0.3, -0.25) is 28.8 Å². The fraction of sp³-hybridized carbons (Fsp3) is 0.750. The molecule has 0 aromatic heterocycles. The third-order valence-electron chi connectivity index (χ3n) is 5.14. The largest absolute Gasteiger partial charge is 0.463 e. The first-order chi connectivity index (χ1) is 18.6. The number of carbonyl (C=O) groups excluding carboxylic acids is 6. The second kappa shape index (κ2) is 16.7. The summed E-state index contributed by atoms with van der Waals surface area (Å²) in [6.45, 7) is 6.77. The molecule has 8 atom stereocenters. The minimum absolute atomic E-state index is 0.0336. The lowest BCUT2D eigenvalue weighted by Crippen LogP contribution is -2.53. The second-order valence-corrected chi connectivity index (χ2v) is 8.78. The second-order valence-electron chi connectivity index (χ2n) is 8.78. The molecule has 0 radical (unpaired) electrons. The maximum absolute atomic E-state index is 11.1. The third kappa shape index (κ3) is 13.1. The molecule has 0 aliphatic carbocycles. The highest BCUT2D eigenvalue weighted by Crippen LogP contribution is 2.26. The number of aliphatic hydroxyl groups excluding tert-OH is 2. The number of rotatable bonds is 8. The lowest BCUT2D eigenvalue weighted by molar-refractivity contribution is -0.252. The molecular weight excluding hydrogens is 544 g/mol. The number of hydrogen-bond donors (Lipinski definition) is 2. The summed E-state index contributed by atoms with van der Waals surface area (Å²) in [5.41, 5.74) is 0. The molecule has 2 aliphatic rings. The molecule has 228 valence electrons. The van der Waals surface area contributed by atoms with E-state index in [9.17, 15) is 39.0 Å². The van der Waals surface area contributed by atoms with E-state index in [4.69, 9.17) is 37.9 Å². The van der Waals surface area contributed by atoms with E-state index in [1.165, 1.54) is 41.5 Å². The van der Waals surface area contributed by atoms with Crippen molar-refractivity contribution in [2.45, 2.75) is 104 Å². The average Bonchev–Trinajstić information content (AvgIpc) is 2.79. The monoisotopic (exact) mass is 580 g/mol. The number of ether oxygens (including phenoxy) is 8. The molecule has 2 N–H and O–H groups in total. The lowest BCUT2D eigenvalue weighted by atomic mass is 10.0. The van der Waals surface area contributed by atoms with Crippen LogP contribution in [-0.2, 0) is 66.7 Å². The summed E-state index contributed by atoms with van der Waals surface area (Å²) < 4.78 is 40.1. The maximum Gasteiger partial charge on any atom is 0.303 e. The molecule has 0 aromatic carbocycles. The number of esters is 6. The average molecular weight is 581 g/mol. The predicted octanol–water partition coefficient (Wildman–Crippen LogP) is -0.960. The van der Waals surface area contributed by atoms with Crippen molar-refractivity contribution in [3.05, 3.63) is 0 Å². The van der Waals surface area contributed by atoms with Crippen molar-refractivity contribution in [2.75, 3.05) is 13.2 Å². The van der Waals surface area contributed by atoms with Gasteiger partial charge in [-0.2, -0.15) is 0 Å². The molecule has 2 heterocycles. The van der Waals surface area contributed by atoms with Gasteiger partial charge in [0.05, 0.1) is 0 Å². The van der Waals surface area contributed by atoms with Gasteiger partial charge < -0.3 is 48.1 Å². The quantitative estimate of drug-likeness (QED) is 0.261. The van der Waals surface area contributed by atoms with Gasteiger partial charge in [-0.25, -0.2) is 0 Å². The van der Waals surface area contributed by atoms with Crippen LogP contribution >= 0.6 is 0 Å². The SMILES string of the molecule is CC(=O)OC[C@H]1OC(O)C[C@@H](OC(C)=O)[C@H]1OC(C)=O.CC(=O)OC[C@H]1OC(O)C[C@@H](OC(C)=O)[C@H]1OC(C)=O. The van der Waals surface area contributed by atoms with Crippen molar-refractivity contribution in [3.63, 3.8) is 0 Å². The van der Waals surface area contributed by atoms with Gasteiger partial charge in [-0.15, -0.1) is 0 Å². The van der Waals surface area contributed by atoms with Crippen LogP contribution < -0.4 is 0 Å². The van der Waals surface area contributed by atoms with Gasteiger partial charge in [0.25, 0.3) is 0 Å². The Morgan fingerprint density at radius 1 is 0.550 bits per heavy atom. The van der Waals surface area contributed by atoms with Crippen LogP contribution in [0.25, 0.3) is 0 Å². The summed E-state index contributed by atoms with van der Waals surface area (Å²) in [6.07, 6.45) is -7.90. The first kappa shape index (κ1) is 34.7. The Morgan fingerprint density at radius 3 is 1.10 bits per heavy atom. The Morgan fingerprint density at radius 2 is 0.850 bits per heavy atom. The van der Waals surface area contributed by atoms with Crippen molar-refractivity contribution in [1.82, 2.24) is 0 Å². The van der Waals surface area contributed by atoms with E-state index < -0.39 is 85.0 Å². The van der Waals surface area contributed by atoms with Crippen LogP contribution in [0.1, 0.15) is 54.4 Å². The highest BCUT2D eigenvalue weighted by atomic mass is 16.7. The fourth-order valence-corrected chi connectivity index (χ4v) is 3.82. The molecule has 0 aromatic rings. The minimum atomic E-state index is -1.20. The maximum atomic E-state index is 11.1. The van der Waals surface area contributed by atoms with Gasteiger partial charge in [0, 0.05) is 54.4 Å². The molecule has 0 spiro atoms. The van der Waals surface area contributed by atoms with Crippen LogP contribution in [0.2, 0.25) is 0 Å². The topological polar surface area (TPSA) is 217 Å². The van der Waals surface area contributed by atoms with Gasteiger partial charge >= 0.3 is 35.8 Å². The Balaban J connectivity index is 0.000000400. The van der Waals surface area contributed by atoms with Crippen LogP contribution in [0.4, 0.5) is 0 Å². The van der Waals surface area contributed by atoms with E-state index in [1.54, 1.807) is 0 Å². The van der Waals surface area contributed by atoms with E-state index >= 15 is 0 Å². The van der Waals surface area contributed by atoms with Crippen molar-refractivity contribution in [3.8, 4) is 0 Å². The van der Waals surface area contributed by atoms with E-state index in [0.717, 1.165) is 0 Å². The van der Waals surface area contributed by atoms with Crippen LogP contribution in [-0.4, -0.2) is 108 Å². The highest BCUT2D eigenvalue weighted by Gasteiger charge is 2.44. The first-order valence-corrected chi connectivity index (χ1v) is 12.2. The Kier molecular flexibility index (Phi) is 14.5. The van der Waals surface area contributed by atoms with Crippen LogP contribution in [0.15, 0.2) is 0 Å². The Labute approximate surface area is 230 Å². The van der Waals surface area contributed by atoms with E-state index in [2.05, 4.69) is 0 Å². The molecular formula is C24H36O16. The smallest absolute Gasteiger partial charge is 0.303 e. The molecule has 2 fully saturated rings. The Bertz CT molecular complexity index is 831. The predicted molar refractivity (Wildman–Crippen MR) is 126 cm³/mol. The highest BCUT2D eigenvalue weighted by molar-refractivity contribution is 5.68. The number of carbonyl (C=O) groups is 6. The normalized spacial score (nSPS) is 29.4. The van der Waals surface area contributed by atoms with Gasteiger partial charge in [0.15, 0.2) is 24.8 Å². The zero-order chi connectivity index (χ0) is 30.6. The summed E-state index contributed by atoms with van der Waals surface area (Å²) in [4.78, 5) is 66.0. The molecule has 0 amide bonds. The first-order valence-electron chi connectivity index (χ1n) is 12.2. The van der Waals surface area contributed by atoms with E-state index in [-0.39, 0.29) is 26.1 Å². The summed E-state index contributed by atoms with van der Waals surface area (Å²) in [5, 5.41) is 19.2. The molecule has 2 unspecified atom stereocenters. The van der Waals surface area contributed by atoms with Gasteiger partial charge in [0.1, 0.15) is 37.6 Å². The van der Waals surface area contributed by atoms with Crippen molar-refractivity contribution in [1.29, 1.82) is 0 Å². The van der Waals surface area contributed by atoms with E-state index in [0.29, 0.717) is 0 Å². The third-order valence-corrected chi connectivity index (χ3v) is 5.14. The molecule has 2 aliphatic heterocycles. The lowest BCUT2D eigenvalue weighted by Gasteiger charge is -2.38. The number of aliphatic hydroxyl groups is 2.